The van der Waals surface area contributed by atoms with Crippen LogP contribution in [0.3, 0.4) is 0 Å². The van der Waals surface area contributed by atoms with Crippen LogP contribution in [-0.4, -0.2) is 25.0 Å². The van der Waals surface area contributed by atoms with Crippen molar-refractivity contribution in [3.63, 3.8) is 0 Å². The summed E-state index contributed by atoms with van der Waals surface area (Å²) >= 11 is 0. The third kappa shape index (κ3) is 4.98. The summed E-state index contributed by atoms with van der Waals surface area (Å²) in [6.45, 7) is 10.8. The van der Waals surface area contributed by atoms with Crippen molar-refractivity contribution in [2.45, 2.75) is 33.1 Å². The SMILES string of the molecule is C=C1/C=C(C)\C=C(/C)CCN(C)CCC1. The Morgan fingerprint density at radius 3 is 2.60 bits per heavy atom. The highest BCUT2D eigenvalue weighted by atomic mass is 15.1. The van der Waals surface area contributed by atoms with Crippen molar-refractivity contribution in [1.29, 1.82) is 0 Å². The van der Waals surface area contributed by atoms with E-state index in [9.17, 15) is 0 Å². The molecule has 0 spiro atoms. The quantitative estimate of drug-likeness (QED) is 0.584. The molecule has 0 fully saturated rings. The third-order valence-corrected chi connectivity index (χ3v) is 2.83. The van der Waals surface area contributed by atoms with Gasteiger partial charge in [0.2, 0.25) is 0 Å². The maximum Gasteiger partial charge on any atom is 0.00155 e. The molecule has 0 aromatic rings. The molecule has 1 heterocycles. The predicted molar refractivity (Wildman–Crippen MR) is 68.0 cm³/mol. The first-order valence-electron chi connectivity index (χ1n) is 5.80. The van der Waals surface area contributed by atoms with E-state index < -0.39 is 0 Å². The zero-order valence-corrected chi connectivity index (χ0v) is 10.3. The molecule has 1 aliphatic heterocycles. The molecule has 0 bridgehead atoms. The largest absolute Gasteiger partial charge is 0.306 e. The van der Waals surface area contributed by atoms with Gasteiger partial charge >= 0.3 is 0 Å². The molecule has 1 nitrogen and oxygen atoms in total. The fourth-order valence-electron chi connectivity index (χ4n) is 1.95. The van der Waals surface area contributed by atoms with Crippen LogP contribution in [0.4, 0.5) is 0 Å². The van der Waals surface area contributed by atoms with Gasteiger partial charge in [0.25, 0.3) is 0 Å². The van der Waals surface area contributed by atoms with Gasteiger partial charge in [0.05, 0.1) is 0 Å². The Bertz CT molecular complexity index is 284. The molecule has 1 aliphatic rings. The number of nitrogens with zero attached hydrogens (tertiary/aromatic N) is 1. The van der Waals surface area contributed by atoms with E-state index in [2.05, 4.69) is 44.5 Å². The van der Waals surface area contributed by atoms with Gasteiger partial charge in [0, 0.05) is 6.54 Å². The Morgan fingerprint density at radius 1 is 1.13 bits per heavy atom. The minimum absolute atomic E-state index is 1.12. The number of hydrogen-bond acceptors (Lipinski definition) is 1. The second-order valence-corrected chi connectivity index (χ2v) is 4.69. The van der Waals surface area contributed by atoms with Crippen molar-refractivity contribution in [2.75, 3.05) is 20.1 Å². The molecule has 0 atom stereocenters. The fraction of sp³-hybridized carbons (Fsp3) is 0.571. The van der Waals surface area contributed by atoms with Gasteiger partial charge in [0.1, 0.15) is 0 Å². The van der Waals surface area contributed by atoms with E-state index >= 15 is 0 Å². The van der Waals surface area contributed by atoms with E-state index in [4.69, 9.17) is 0 Å². The first-order valence-corrected chi connectivity index (χ1v) is 5.80. The molecule has 0 unspecified atom stereocenters. The Hall–Kier alpha value is -0.820. The van der Waals surface area contributed by atoms with Crippen LogP contribution >= 0.6 is 0 Å². The molecule has 1 rings (SSSR count). The molecule has 0 radical (unpaired) electrons. The van der Waals surface area contributed by atoms with E-state index in [1.54, 1.807) is 0 Å². The van der Waals surface area contributed by atoms with E-state index in [1.807, 2.05) is 0 Å². The summed E-state index contributed by atoms with van der Waals surface area (Å²) in [6.07, 6.45) is 8.01. The van der Waals surface area contributed by atoms with Gasteiger partial charge in [-0.3, -0.25) is 0 Å². The Morgan fingerprint density at radius 2 is 1.87 bits per heavy atom. The van der Waals surface area contributed by atoms with Crippen LogP contribution in [0.1, 0.15) is 33.1 Å². The van der Waals surface area contributed by atoms with Crippen molar-refractivity contribution in [3.8, 4) is 0 Å². The van der Waals surface area contributed by atoms with E-state index in [0.29, 0.717) is 0 Å². The highest BCUT2D eigenvalue weighted by Crippen LogP contribution is 2.13. The lowest BCUT2D eigenvalue weighted by Crippen LogP contribution is -2.21. The van der Waals surface area contributed by atoms with Gasteiger partial charge in [-0.25, -0.2) is 0 Å². The molecule has 0 N–H and O–H groups in total. The van der Waals surface area contributed by atoms with Gasteiger partial charge in [-0.1, -0.05) is 35.5 Å². The summed E-state index contributed by atoms with van der Waals surface area (Å²) in [6, 6.07) is 0. The summed E-state index contributed by atoms with van der Waals surface area (Å²) in [5.74, 6) is 0. The third-order valence-electron chi connectivity index (χ3n) is 2.83. The van der Waals surface area contributed by atoms with Crippen LogP contribution in [0.2, 0.25) is 0 Å². The van der Waals surface area contributed by atoms with Gasteiger partial charge in [0.15, 0.2) is 0 Å². The summed E-state index contributed by atoms with van der Waals surface area (Å²) in [4.78, 5) is 2.41. The molecule has 0 aromatic carbocycles. The topological polar surface area (TPSA) is 3.24 Å². The van der Waals surface area contributed by atoms with Gasteiger partial charge in [-0.15, -0.1) is 0 Å². The molecule has 0 saturated carbocycles. The van der Waals surface area contributed by atoms with Crippen molar-refractivity contribution in [1.82, 2.24) is 4.90 Å². The lowest BCUT2D eigenvalue weighted by molar-refractivity contribution is 0.334. The minimum Gasteiger partial charge on any atom is -0.306 e. The van der Waals surface area contributed by atoms with Gasteiger partial charge in [-0.05, 0) is 46.7 Å². The number of allylic oxidation sites excluding steroid dienone is 4. The van der Waals surface area contributed by atoms with E-state index in [1.165, 1.54) is 42.7 Å². The van der Waals surface area contributed by atoms with Crippen molar-refractivity contribution in [2.24, 2.45) is 0 Å². The number of rotatable bonds is 0. The monoisotopic (exact) mass is 205 g/mol. The molecule has 15 heavy (non-hydrogen) atoms. The molecular formula is C14H23N. The van der Waals surface area contributed by atoms with Crippen LogP contribution in [0.25, 0.3) is 0 Å². The van der Waals surface area contributed by atoms with Gasteiger partial charge in [-0.2, -0.15) is 0 Å². The Labute approximate surface area is 94.2 Å². The van der Waals surface area contributed by atoms with Crippen LogP contribution < -0.4 is 0 Å². The highest BCUT2D eigenvalue weighted by Gasteiger charge is 2.02. The van der Waals surface area contributed by atoms with Crippen LogP contribution in [0.5, 0.6) is 0 Å². The van der Waals surface area contributed by atoms with E-state index in [0.717, 1.165) is 6.42 Å². The highest BCUT2D eigenvalue weighted by molar-refractivity contribution is 5.29. The fourth-order valence-corrected chi connectivity index (χ4v) is 1.95. The minimum atomic E-state index is 1.12. The molecular weight excluding hydrogens is 182 g/mol. The smallest absolute Gasteiger partial charge is 0.00155 e. The van der Waals surface area contributed by atoms with Crippen molar-refractivity contribution < 1.29 is 0 Å². The molecule has 0 saturated heterocycles. The average molecular weight is 205 g/mol. The Kier molecular flexibility index (Phi) is 4.83. The molecule has 0 amide bonds. The lowest BCUT2D eigenvalue weighted by atomic mass is 10.1. The number of hydrogen-bond donors (Lipinski definition) is 0. The van der Waals surface area contributed by atoms with Crippen LogP contribution in [-0.2, 0) is 0 Å². The molecule has 0 aliphatic carbocycles. The van der Waals surface area contributed by atoms with Crippen molar-refractivity contribution >= 4 is 0 Å². The second-order valence-electron chi connectivity index (χ2n) is 4.69. The first-order chi connectivity index (χ1) is 7.08. The summed E-state index contributed by atoms with van der Waals surface area (Å²) < 4.78 is 0. The standard InChI is InChI=1S/C14H23N/c1-12-6-5-8-15(4)9-7-13(2)11-14(3)10-12/h10-11H,1,5-9H2,2-4H3/b13-11+,14-10-. The normalized spacial score (nSPS) is 28.6. The first kappa shape index (κ1) is 12.3. The summed E-state index contributed by atoms with van der Waals surface area (Å²) in [5, 5.41) is 0. The maximum atomic E-state index is 4.10. The van der Waals surface area contributed by atoms with Crippen LogP contribution in [0.15, 0.2) is 35.5 Å². The predicted octanol–water partition coefficient (Wildman–Crippen LogP) is 3.55. The molecule has 1 heteroatoms. The molecule has 0 aromatic heterocycles. The zero-order valence-electron chi connectivity index (χ0n) is 10.3. The summed E-state index contributed by atoms with van der Waals surface area (Å²) in [7, 11) is 2.20. The van der Waals surface area contributed by atoms with Crippen LogP contribution in [0, 0.1) is 0 Å². The summed E-state index contributed by atoms with van der Waals surface area (Å²) in [5.41, 5.74) is 4.05. The van der Waals surface area contributed by atoms with Crippen molar-refractivity contribution in [3.05, 3.63) is 35.5 Å². The van der Waals surface area contributed by atoms with Gasteiger partial charge < -0.3 is 4.90 Å². The average Bonchev–Trinajstić information content (AvgIpc) is 2.15. The van der Waals surface area contributed by atoms with E-state index in [-0.39, 0.29) is 0 Å². The molecule has 84 valence electrons. The lowest BCUT2D eigenvalue weighted by Gasteiger charge is -2.16. The maximum absolute atomic E-state index is 4.10. The zero-order chi connectivity index (χ0) is 11.3. The second kappa shape index (κ2) is 5.92. The Balaban J connectivity index is 2.73.